The number of allylic oxidation sites excluding steroid dienone is 1. The van der Waals surface area contributed by atoms with Gasteiger partial charge in [-0.25, -0.2) is 4.79 Å². The molecule has 10 atom stereocenters. The van der Waals surface area contributed by atoms with Crippen molar-refractivity contribution in [2.45, 2.75) is 62.0 Å². The average Bonchev–Trinajstić information content (AvgIpc) is 3.14. The average molecular weight is 507 g/mol. The molecule has 1 aliphatic carbocycles. The van der Waals surface area contributed by atoms with E-state index in [1.165, 1.54) is 19.3 Å². The number of rotatable bonds is 7. The van der Waals surface area contributed by atoms with Crippen LogP contribution in [0.3, 0.4) is 0 Å². The largest absolute Gasteiger partial charge is 0.472 e. The van der Waals surface area contributed by atoms with E-state index in [1.54, 1.807) is 6.08 Å². The molecular weight excluding hydrogens is 476 g/mol. The molecule has 3 aliphatic rings. The Balaban J connectivity index is 1.51. The van der Waals surface area contributed by atoms with Gasteiger partial charge < -0.3 is 44.5 Å². The predicted molar refractivity (Wildman–Crippen MR) is 121 cm³/mol. The number of esters is 1. The van der Waals surface area contributed by atoms with Crippen molar-refractivity contribution in [1.82, 2.24) is 0 Å². The summed E-state index contributed by atoms with van der Waals surface area (Å²) in [5, 5.41) is 51.2. The summed E-state index contributed by atoms with van der Waals surface area (Å²) >= 11 is 0. The number of hydrogen-bond acceptors (Lipinski definition) is 11. The molecule has 2 fully saturated rings. The fourth-order valence-corrected chi connectivity index (χ4v) is 4.98. The lowest BCUT2D eigenvalue weighted by atomic mass is 9.81. The van der Waals surface area contributed by atoms with Gasteiger partial charge in [-0.15, -0.1) is 0 Å². The highest BCUT2D eigenvalue weighted by Gasteiger charge is 2.60. The zero-order chi connectivity index (χ0) is 26.0. The van der Waals surface area contributed by atoms with Crippen molar-refractivity contribution >= 4 is 18.3 Å². The molecule has 1 saturated carbocycles. The Morgan fingerprint density at radius 1 is 1.14 bits per heavy atom. The number of carbonyl (C=O) groups is 2. The molecule has 0 radical (unpaired) electrons. The lowest BCUT2D eigenvalue weighted by Gasteiger charge is -2.44. The van der Waals surface area contributed by atoms with Gasteiger partial charge in [-0.2, -0.15) is 0 Å². The van der Waals surface area contributed by atoms with Gasteiger partial charge in [0.05, 0.1) is 18.8 Å². The van der Waals surface area contributed by atoms with E-state index in [2.05, 4.69) is 0 Å². The van der Waals surface area contributed by atoms with E-state index < -0.39 is 73.1 Å². The number of carbonyl (C=O) groups excluding carboxylic acids is 2. The maximum absolute atomic E-state index is 12.5. The first-order valence-electron chi connectivity index (χ1n) is 11.6. The topological polar surface area (TPSA) is 172 Å². The zero-order valence-electron chi connectivity index (χ0n) is 19.5. The second kappa shape index (κ2) is 10.8. The standard InChI is InChI=1S/C25H30O11/c1-25(32)17(35-18(28)8-7-13-5-3-2-4-6-13)9-15-14(10-26)12-33-23(19(15)25)36-24-22(31)21(30)20(29)16(11-27)34-24/h2-8,10,12,15-17,19-24,27,29-32H,9,11H2,1H3/b8-7+/t15-,16-,17+,19-,20-,21+,22-,23+,24+,25+/m1/s1. The number of aliphatic hydroxyl groups excluding tert-OH is 4. The third kappa shape index (κ3) is 5.09. The molecule has 0 aromatic heterocycles. The summed E-state index contributed by atoms with van der Waals surface area (Å²) in [7, 11) is 0. The van der Waals surface area contributed by atoms with Crippen molar-refractivity contribution in [1.29, 1.82) is 0 Å². The Hall–Kier alpha value is -2.64. The molecule has 1 aromatic carbocycles. The van der Waals surface area contributed by atoms with Gasteiger partial charge in [0.1, 0.15) is 42.4 Å². The lowest BCUT2D eigenvalue weighted by Crippen LogP contribution is -2.61. The van der Waals surface area contributed by atoms with Gasteiger partial charge in [-0.1, -0.05) is 30.3 Å². The van der Waals surface area contributed by atoms with Crippen LogP contribution < -0.4 is 0 Å². The molecule has 5 N–H and O–H groups in total. The van der Waals surface area contributed by atoms with Crippen LogP contribution in [0.5, 0.6) is 0 Å². The van der Waals surface area contributed by atoms with Gasteiger partial charge >= 0.3 is 5.97 Å². The van der Waals surface area contributed by atoms with Crippen LogP contribution in [0.2, 0.25) is 0 Å². The fraction of sp³-hybridized carbons (Fsp3) is 0.520. The molecule has 11 nitrogen and oxygen atoms in total. The summed E-state index contributed by atoms with van der Waals surface area (Å²) < 4.78 is 22.2. The monoisotopic (exact) mass is 506 g/mol. The van der Waals surface area contributed by atoms with E-state index in [0.29, 0.717) is 6.29 Å². The molecule has 0 unspecified atom stereocenters. The van der Waals surface area contributed by atoms with Gasteiger partial charge in [-0.3, -0.25) is 4.79 Å². The highest BCUT2D eigenvalue weighted by atomic mass is 16.8. The summed E-state index contributed by atoms with van der Waals surface area (Å²) in [5.41, 5.74) is -0.705. The molecule has 0 amide bonds. The first-order chi connectivity index (χ1) is 17.2. The minimum Gasteiger partial charge on any atom is -0.472 e. The Labute approximate surface area is 207 Å². The second-order valence-electron chi connectivity index (χ2n) is 9.34. The summed E-state index contributed by atoms with van der Waals surface area (Å²) in [5.74, 6) is -2.23. The van der Waals surface area contributed by atoms with Crippen LogP contribution >= 0.6 is 0 Å². The summed E-state index contributed by atoms with van der Waals surface area (Å²) in [6.45, 7) is 0.779. The van der Waals surface area contributed by atoms with Crippen LogP contribution in [0.15, 0.2) is 48.2 Å². The Morgan fingerprint density at radius 3 is 2.53 bits per heavy atom. The Bertz CT molecular complexity index is 989. The molecule has 196 valence electrons. The van der Waals surface area contributed by atoms with Crippen LogP contribution in [0.25, 0.3) is 6.08 Å². The van der Waals surface area contributed by atoms with Crippen molar-refractivity contribution in [2.75, 3.05) is 6.61 Å². The highest BCUT2D eigenvalue weighted by molar-refractivity contribution is 5.87. The fourth-order valence-electron chi connectivity index (χ4n) is 4.98. The number of aliphatic hydroxyl groups is 5. The second-order valence-corrected chi connectivity index (χ2v) is 9.34. The SMILES string of the molecule is C[C@@]1(O)[C@H]2[C@H](O[C@@H]3O[C@H](CO)[C@@H](O)[C@H](O)[C@H]3O)OC=C(C=O)[C@H]2C[C@@H]1OC(=O)/C=C/c1ccccc1. The molecule has 2 aliphatic heterocycles. The van der Waals surface area contributed by atoms with Crippen molar-refractivity contribution in [3.63, 3.8) is 0 Å². The molecular formula is C25H30O11. The normalized spacial score (nSPS) is 40.3. The van der Waals surface area contributed by atoms with Gasteiger partial charge in [0.15, 0.2) is 6.29 Å². The summed E-state index contributed by atoms with van der Waals surface area (Å²) in [4.78, 5) is 24.2. The lowest BCUT2D eigenvalue weighted by molar-refractivity contribution is -0.347. The Morgan fingerprint density at radius 2 is 1.86 bits per heavy atom. The van der Waals surface area contributed by atoms with Gasteiger partial charge in [0, 0.05) is 17.6 Å². The number of hydrogen-bond donors (Lipinski definition) is 5. The predicted octanol–water partition coefficient (Wildman–Crippen LogP) is -0.746. The Kier molecular flexibility index (Phi) is 7.90. The highest BCUT2D eigenvalue weighted by Crippen LogP contribution is 2.50. The molecule has 4 rings (SSSR count). The quantitative estimate of drug-likeness (QED) is 0.179. The minimum absolute atomic E-state index is 0.102. The van der Waals surface area contributed by atoms with E-state index in [-0.39, 0.29) is 12.0 Å². The minimum atomic E-state index is -1.72. The first-order valence-corrected chi connectivity index (χ1v) is 11.6. The van der Waals surface area contributed by atoms with Crippen molar-refractivity contribution < 1.29 is 54.1 Å². The van der Waals surface area contributed by atoms with Crippen LogP contribution in [0, 0.1) is 11.8 Å². The van der Waals surface area contributed by atoms with Crippen LogP contribution in [-0.2, 0) is 28.5 Å². The number of ether oxygens (including phenoxy) is 4. The van der Waals surface area contributed by atoms with Crippen LogP contribution in [0.4, 0.5) is 0 Å². The van der Waals surface area contributed by atoms with E-state index in [4.69, 9.17) is 18.9 Å². The van der Waals surface area contributed by atoms with E-state index >= 15 is 0 Å². The van der Waals surface area contributed by atoms with Gasteiger partial charge in [0.2, 0.25) is 6.29 Å². The molecule has 2 heterocycles. The molecule has 36 heavy (non-hydrogen) atoms. The third-order valence-electron chi connectivity index (χ3n) is 7.01. The molecule has 11 heteroatoms. The van der Waals surface area contributed by atoms with Gasteiger partial charge in [0.25, 0.3) is 0 Å². The molecule has 1 saturated heterocycles. The molecule has 0 bridgehead atoms. The molecule has 1 aromatic rings. The van der Waals surface area contributed by atoms with Crippen LogP contribution in [0.1, 0.15) is 18.9 Å². The maximum Gasteiger partial charge on any atom is 0.331 e. The molecule has 0 spiro atoms. The van der Waals surface area contributed by atoms with Crippen LogP contribution in [-0.4, -0.2) is 93.1 Å². The summed E-state index contributed by atoms with van der Waals surface area (Å²) in [6.07, 6.45) is -5.31. The van der Waals surface area contributed by atoms with Crippen molar-refractivity contribution in [3.8, 4) is 0 Å². The van der Waals surface area contributed by atoms with Crippen molar-refractivity contribution in [2.24, 2.45) is 11.8 Å². The number of fused-ring (bicyclic) bond motifs is 1. The van der Waals surface area contributed by atoms with E-state index in [1.807, 2.05) is 30.3 Å². The van der Waals surface area contributed by atoms with Gasteiger partial charge in [-0.05, 0) is 25.0 Å². The van der Waals surface area contributed by atoms with E-state index in [9.17, 15) is 35.1 Å². The number of benzene rings is 1. The smallest absolute Gasteiger partial charge is 0.331 e. The third-order valence-corrected chi connectivity index (χ3v) is 7.01. The van der Waals surface area contributed by atoms with E-state index in [0.717, 1.165) is 5.56 Å². The van der Waals surface area contributed by atoms with Crippen molar-refractivity contribution in [3.05, 3.63) is 53.8 Å². The maximum atomic E-state index is 12.5. The summed E-state index contributed by atoms with van der Waals surface area (Å²) in [6, 6.07) is 9.10. The number of aldehydes is 1. The zero-order valence-corrected chi connectivity index (χ0v) is 19.5. The first kappa shape index (κ1) is 26.4.